The quantitative estimate of drug-likeness (QED) is 0.254. The first-order chi connectivity index (χ1) is 16.2. The Morgan fingerprint density at radius 1 is 0.909 bits per heavy atom. The third-order valence-electron chi connectivity index (χ3n) is 5.11. The number of thiocarbonyl (C=S) groups is 1. The van der Waals surface area contributed by atoms with Crippen LogP contribution in [-0.4, -0.2) is 16.0 Å². The molecule has 0 aliphatic rings. The van der Waals surface area contributed by atoms with Crippen molar-refractivity contribution < 1.29 is 9.21 Å². The summed E-state index contributed by atoms with van der Waals surface area (Å²) in [6.07, 6.45) is 3.18. The van der Waals surface area contributed by atoms with Crippen LogP contribution in [-0.2, 0) is 4.79 Å². The molecule has 0 unspecified atom stereocenters. The van der Waals surface area contributed by atoms with Crippen LogP contribution in [0.15, 0.2) is 101 Å². The molecule has 6 heteroatoms. The Balaban J connectivity index is 1.31. The maximum atomic E-state index is 12.2. The van der Waals surface area contributed by atoms with Gasteiger partial charge in [-0.05, 0) is 53.5 Å². The van der Waals surface area contributed by atoms with Crippen molar-refractivity contribution >= 4 is 56.9 Å². The third kappa shape index (κ3) is 4.66. The number of nitrogens with one attached hydrogen (secondary N) is 2. The number of benzene rings is 4. The van der Waals surface area contributed by atoms with Crippen molar-refractivity contribution in [1.82, 2.24) is 10.3 Å². The molecule has 5 nitrogen and oxygen atoms in total. The minimum absolute atomic E-state index is 0.207. The SMILES string of the molecule is O=C(/C=C/c1ccccc1)NC(=S)Nc1cccc(-c2nc3c(ccc4ccccc43)o2)c1. The number of hydrogen-bond acceptors (Lipinski definition) is 4. The molecule has 0 radical (unpaired) electrons. The molecular weight excluding hydrogens is 430 g/mol. The first-order valence-corrected chi connectivity index (χ1v) is 10.8. The van der Waals surface area contributed by atoms with E-state index in [1.807, 2.05) is 84.9 Å². The zero-order chi connectivity index (χ0) is 22.6. The molecule has 0 bridgehead atoms. The summed E-state index contributed by atoms with van der Waals surface area (Å²) in [5.41, 5.74) is 4.02. The summed E-state index contributed by atoms with van der Waals surface area (Å²) in [5.74, 6) is 0.212. The lowest BCUT2D eigenvalue weighted by atomic mass is 10.1. The zero-order valence-corrected chi connectivity index (χ0v) is 18.3. The van der Waals surface area contributed by atoms with Crippen LogP contribution >= 0.6 is 12.2 Å². The lowest BCUT2D eigenvalue weighted by Gasteiger charge is -2.08. The normalized spacial score (nSPS) is 11.2. The van der Waals surface area contributed by atoms with Crippen LogP contribution in [0.5, 0.6) is 0 Å². The van der Waals surface area contributed by atoms with Crippen molar-refractivity contribution in [3.8, 4) is 11.5 Å². The van der Waals surface area contributed by atoms with Gasteiger partial charge in [-0.1, -0.05) is 66.7 Å². The summed E-state index contributed by atoms with van der Waals surface area (Å²) >= 11 is 5.29. The fourth-order valence-corrected chi connectivity index (χ4v) is 3.79. The second-order valence-corrected chi connectivity index (χ2v) is 7.83. The van der Waals surface area contributed by atoms with Crippen LogP contribution < -0.4 is 10.6 Å². The summed E-state index contributed by atoms with van der Waals surface area (Å²) in [6, 6.07) is 29.2. The molecule has 1 aromatic heterocycles. The monoisotopic (exact) mass is 449 g/mol. The van der Waals surface area contributed by atoms with Crippen molar-refractivity contribution in [2.75, 3.05) is 5.32 Å². The molecule has 4 aromatic carbocycles. The predicted molar refractivity (Wildman–Crippen MR) is 137 cm³/mol. The van der Waals surface area contributed by atoms with Gasteiger partial charge < -0.3 is 9.73 Å². The van der Waals surface area contributed by atoms with E-state index in [9.17, 15) is 4.79 Å². The van der Waals surface area contributed by atoms with Crippen LogP contribution in [0.25, 0.3) is 39.4 Å². The summed E-state index contributed by atoms with van der Waals surface area (Å²) in [4.78, 5) is 16.9. The first-order valence-electron chi connectivity index (χ1n) is 10.4. The number of oxazole rings is 1. The van der Waals surface area contributed by atoms with Gasteiger partial charge in [0, 0.05) is 22.7 Å². The van der Waals surface area contributed by atoms with Crippen LogP contribution in [0.3, 0.4) is 0 Å². The highest BCUT2D eigenvalue weighted by atomic mass is 32.1. The molecule has 160 valence electrons. The molecule has 1 amide bonds. The molecule has 2 N–H and O–H groups in total. The molecule has 0 saturated heterocycles. The number of fused-ring (bicyclic) bond motifs is 3. The van der Waals surface area contributed by atoms with Gasteiger partial charge in [-0.2, -0.15) is 0 Å². The van der Waals surface area contributed by atoms with Gasteiger partial charge in [-0.25, -0.2) is 4.98 Å². The number of carbonyl (C=O) groups excluding carboxylic acids is 1. The molecule has 0 atom stereocenters. The number of nitrogens with zero attached hydrogens (tertiary/aromatic N) is 1. The van der Waals surface area contributed by atoms with Crippen molar-refractivity contribution in [3.05, 3.63) is 103 Å². The van der Waals surface area contributed by atoms with E-state index in [2.05, 4.69) is 16.7 Å². The van der Waals surface area contributed by atoms with Crippen LogP contribution in [0.1, 0.15) is 5.56 Å². The highest BCUT2D eigenvalue weighted by Gasteiger charge is 2.12. The Morgan fingerprint density at radius 3 is 2.61 bits per heavy atom. The molecule has 5 rings (SSSR count). The molecule has 0 spiro atoms. The Bertz CT molecular complexity index is 1510. The first kappa shape index (κ1) is 20.6. The van der Waals surface area contributed by atoms with Crippen molar-refractivity contribution in [2.24, 2.45) is 0 Å². The second kappa shape index (κ2) is 9.06. The Kier molecular flexibility index (Phi) is 5.66. The summed E-state index contributed by atoms with van der Waals surface area (Å²) in [7, 11) is 0. The van der Waals surface area contributed by atoms with Gasteiger partial charge in [0.15, 0.2) is 10.7 Å². The molecule has 0 aliphatic heterocycles. The topological polar surface area (TPSA) is 67.2 Å². The number of aromatic nitrogens is 1. The van der Waals surface area contributed by atoms with E-state index in [1.54, 1.807) is 6.08 Å². The minimum atomic E-state index is -0.307. The lowest BCUT2D eigenvalue weighted by Crippen LogP contribution is -2.32. The largest absolute Gasteiger partial charge is 0.436 e. The van der Waals surface area contributed by atoms with E-state index in [0.717, 1.165) is 38.7 Å². The molecule has 0 aliphatic carbocycles. The standard InChI is InChI=1S/C27H19N3O2S/c31-24(16-13-18-7-2-1-3-8-18)29-27(33)28-21-11-6-10-20(17-21)26-30-25-22-12-5-4-9-19(22)14-15-23(25)32-26/h1-17H,(H2,28,29,31,33)/b16-13+. The number of hydrogen-bond donors (Lipinski definition) is 2. The molecule has 0 fully saturated rings. The van der Waals surface area contributed by atoms with Gasteiger partial charge in [-0.15, -0.1) is 0 Å². The van der Waals surface area contributed by atoms with E-state index in [0.29, 0.717) is 5.89 Å². The van der Waals surface area contributed by atoms with Gasteiger partial charge in [0.25, 0.3) is 0 Å². The average Bonchev–Trinajstić information content (AvgIpc) is 3.29. The van der Waals surface area contributed by atoms with Gasteiger partial charge in [-0.3, -0.25) is 10.1 Å². The van der Waals surface area contributed by atoms with Crippen LogP contribution in [0, 0.1) is 0 Å². The Morgan fingerprint density at radius 2 is 1.73 bits per heavy atom. The summed E-state index contributed by atoms with van der Waals surface area (Å²) in [6.45, 7) is 0. The highest BCUT2D eigenvalue weighted by molar-refractivity contribution is 7.80. The highest BCUT2D eigenvalue weighted by Crippen LogP contribution is 2.30. The number of rotatable bonds is 4. The summed E-state index contributed by atoms with van der Waals surface area (Å²) < 4.78 is 6.01. The smallest absolute Gasteiger partial charge is 0.250 e. The van der Waals surface area contributed by atoms with E-state index < -0.39 is 0 Å². The van der Waals surface area contributed by atoms with Crippen molar-refractivity contribution in [1.29, 1.82) is 0 Å². The average molecular weight is 450 g/mol. The Labute approximate surface area is 195 Å². The number of amides is 1. The predicted octanol–water partition coefficient (Wildman–Crippen LogP) is 6.17. The molecule has 5 aromatic rings. The third-order valence-corrected chi connectivity index (χ3v) is 5.32. The van der Waals surface area contributed by atoms with E-state index in [1.165, 1.54) is 6.08 Å². The van der Waals surface area contributed by atoms with E-state index >= 15 is 0 Å². The fraction of sp³-hybridized carbons (Fsp3) is 0. The van der Waals surface area contributed by atoms with E-state index in [-0.39, 0.29) is 11.0 Å². The molecular formula is C27H19N3O2S. The molecule has 1 heterocycles. The number of carbonyl (C=O) groups is 1. The van der Waals surface area contributed by atoms with Gasteiger partial charge in [0.1, 0.15) is 5.52 Å². The van der Waals surface area contributed by atoms with Crippen LogP contribution in [0.2, 0.25) is 0 Å². The Hall–Kier alpha value is -4.29. The van der Waals surface area contributed by atoms with Crippen LogP contribution in [0.4, 0.5) is 5.69 Å². The number of anilines is 1. The zero-order valence-electron chi connectivity index (χ0n) is 17.5. The van der Waals surface area contributed by atoms with E-state index in [4.69, 9.17) is 21.6 Å². The van der Waals surface area contributed by atoms with Crippen molar-refractivity contribution in [3.63, 3.8) is 0 Å². The summed E-state index contributed by atoms with van der Waals surface area (Å²) in [5, 5.41) is 8.06. The molecule has 0 saturated carbocycles. The fourth-order valence-electron chi connectivity index (χ4n) is 3.57. The maximum Gasteiger partial charge on any atom is 0.250 e. The maximum absolute atomic E-state index is 12.2. The van der Waals surface area contributed by atoms with Gasteiger partial charge >= 0.3 is 0 Å². The molecule has 33 heavy (non-hydrogen) atoms. The van der Waals surface area contributed by atoms with Gasteiger partial charge in [0.2, 0.25) is 11.8 Å². The lowest BCUT2D eigenvalue weighted by molar-refractivity contribution is -0.115. The minimum Gasteiger partial charge on any atom is -0.436 e. The van der Waals surface area contributed by atoms with Gasteiger partial charge in [0.05, 0.1) is 0 Å². The second-order valence-electron chi connectivity index (χ2n) is 7.42. The van der Waals surface area contributed by atoms with Crippen molar-refractivity contribution in [2.45, 2.75) is 0 Å².